The molecule has 1 aromatic carbocycles. The van der Waals surface area contributed by atoms with Crippen LogP contribution < -0.4 is 11.3 Å². The molecule has 0 fully saturated rings. The molecule has 0 heterocycles. The number of nitrogens with two attached hydrogens (primary N) is 1. The normalized spacial score (nSPS) is 10.9. The molecule has 0 aliphatic rings. The highest BCUT2D eigenvalue weighted by molar-refractivity contribution is 5.77. The van der Waals surface area contributed by atoms with Crippen LogP contribution in [-0.2, 0) is 17.8 Å². The predicted octanol–water partition coefficient (Wildman–Crippen LogP) is 1.06. The number of nitrogens with one attached hydrogen (secondary N) is 1. The second-order valence-electron chi connectivity index (χ2n) is 4.57. The van der Waals surface area contributed by atoms with Gasteiger partial charge in [0.15, 0.2) is 0 Å². The van der Waals surface area contributed by atoms with Gasteiger partial charge in [0.05, 0.1) is 6.42 Å². The average Bonchev–Trinajstić information content (AvgIpc) is 2.31. The van der Waals surface area contributed by atoms with Crippen molar-refractivity contribution in [3.05, 3.63) is 35.4 Å². The van der Waals surface area contributed by atoms with Gasteiger partial charge < -0.3 is 0 Å². The number of carbonyl (C=O) groups is 1. The zero-order chi connectivity index (χ0) is 12.8. The van der Waals surface area contributed by atoms with Gasteiger partial charge in [-0.1, -0.05) is 24.3 Å². The lowest BCUT2D eigenvalue weighted by Gasteiger charge is -2.21. The predicted molar refractivity (Wildman–Crippen MR) is 69.1 cm³/mol. The van der Waals surface area contributed by atoms with Crippen LogP contribution >= 0.6 is 0 Å². The number of hydrazine groups is 1. The van der Waals surface area contributed by atoms with Crippen LogP contribution in [0.1, 0.15) is 25.0 Å². The first-order valence-electron chi connectivity index (χ1n) is 5.80. The fraction of sp³-hybridized carbons (Fsp3) is 0.462. The number of rotatable bonds is 5. The molecule has 0 spiro atoms. The summed E-state index contributed by atoms with van der Waals surface area (Å²) in [6, 6.07) is 8.57. The third kappa shape index (κ3) is 4.54. The van der Waals surface area contributed by atoms with Crippen molar-refractivity contribution in [1.82, 2.24) is 10.3 Å². The monoisotopic (exact) mass is 235 g/mol. The molecule has 0 saturated heterocycles. The highest BCUT2D eigenvalue weighted by Gasteiger charge is 2.05. The number of carbonyl (C=O) groups excluding carboxylic acids is 1. The van der Waals surface area contributed by atoms with E-state index in [2.05, 4.69) is 43.4 Å². The first kappa shape index (κ1) is 13.7. The van der Waals surface area contributed by atoms with Gasteiger partial charge in [0.1, 0.15) is 0 Å². The van der Waals surface area contributed by atoms with Gasteiger partial charge in [0, 0.05) is 12.6 Å². The minimum atomic E-state index is -0.169. The Kier molecular flexibility index (Phi) is 5.12. The van der Waals surface area contributed by atoms with E-state index in [-0.39, 0.29) is 5.91 Å². The number of hydrogen-bond donors (Lipinski definition) is 2. The summed E-state index contributed by atoms with van der Waals surface area (Å²) in [7, 11) is 2.10. The van der Waals surface area contributed by atoms with Gasteiger partial charge in [0.2, 0.25) is 5.91 Å². The van der Waals surface area contributed by atoms with Crippen LogP contribution in [0.3, 0.4) is 0 Å². The maximum absolute atomic E-state index is 11.1. The third-order valence-electron chi connectivity index (χ3n) is 2.86. The molecule has 0 atom stereocenters. The van der Waals surface area contributed by atoms with Crippen molar-refractivity contribution in [1.29, 1.82) is 0 Å². The molecule has 1 amide bonds. The Morgan fingerprint density at radius 1 is 1.29 bits per heavy atom. The summed E-state index contributed by atoms with van der Waals surface area (Å²) in [6.45, 7) is 5.25. The van der Waals surface area contributed by atoms with E-state index < -0.39 is 0 Å². The standard InChI is InChI=1S/C13H21N3O/c1-10(2)16(3)9-12-6-4-11(5-7-12)8-13(17)15-14/h4-7,10H,8-9,14H2,1-3H3,(H,15,17). The molecule has 4 nitrogen and oxygen atoms in total. The molecule has 1 rings (SSSR count). The van der Waals surface area contributed by atoms with Gasteiger partial charge >= 0.3 is 0 Å². The van der Waals surface area contributed by atoms with Crippen molar-refractivity contribution in [3.8, 4) is 0 Å². The van der Waals surface area contributed by atoms with Crippen LogP contribution in [0, 0.1) is 0 Å². The summed E-state index contributed by atoms with van der Waals surface area (Å²) >= 11 is 0. The Bertz CT molecular complexity index is 359. The zero-order valence-corrected chi connectivity index (χ0v) is 10.7. The molecule has 0 aromatic heterocycles. The van der Waals surface area contributed by atoms with E-state index in [0.717, 1.165) is 12.1 Å². The maximum atomic E-state index is 11.1. The molecular weight excluding hydrogens is 214 g/mol. The second kappa shape index (κ2) is 6.37. The Morgan fingerprint density at radius 3 is 2.29 bits per heavy atom. The number of hydrogen-bond acceptors (Lipinski definition) is 3. The number of benzene rings is 1. The molecule has 1 aromatic rings. The van der Waals surface area contributed by atoms with E-state index in [4.69, 9.17) is 5.84 Å². The van der Waals surface area contributed by atoms with Gasteiger partial charge in [-0.3, -0.25) is 15.1 Å². The quantitative estimate of drug-likeness (QED) is 0.456. The SMILES string of the molecule is CC(C)N(C)Cc1ccc(CC(=O)NN)cc1. The Labute approximate surface area is 103 Å². The lowest BCUT2D eigenvalue weighted by atomic mass is 10.1. The van der Waals surface area contributed by atoms with Crippen LogP contribution in [-0.4, -0.2) is 23.9 Å². The van der Waals surface area contributed by atoms with Gasteiger partial charge in [0.25, 0.3) is 0 Å². The van der Waals surface area contributed by atoms with Crippen LogP contribution in [0.5, 0.6) is 0 Å². The average molecular weight is 235 g/mol. The van der Waals surface area contributed by atoms with Crippen LogP contribution in [0.2, 0.25) is 0 Å². The van der Waals surface area contributed by atoms with E-state index in [9.17, 15) is 4.79 Å². The first-order chi connectivity index (χ1) is 8.02. The molecule has 0 aliphatic carbocycles. The molecule has 0 saturated carbocycles. The molecule has 0 unspecified atom stereocenters. The molecule has 3 N–H and O–H groups in total. The molecule has 4 heteroatoms. The van der Waals surface area contributed by atoms with E-state index in [0.29, 0.717) is 12.5 Å². The van der Waals surface area contributed by atoms with Gasteiger partial charge in [-0.15, -0.1) is 0 Å². The van der Waals surface area contributed by atoms with Crippen LogP contribution in [0.25, 0.3) is 0 Å². The minimum absolute atomic E-state index is 0.169. The molecule has 0 radical (unpaired) electrons. The maximum Gasteiger partial charge on any atom is 0.238 e. The Morgan fingerprint density at radius 2 is 1.82 bits per heavy atom. The van der Waals surface area contributed by atoms with Crippen molar-refractivity contribution in [2.24, 2.45) is 5.84 Å². The van der Waals surface area contributed by atoms with Crippen molar-refractivity contribution in [2.75, 3.05) is 7.05 Å². The van der Waals surface area contributed by atoms with Crippen molar-refractivity contribution < 1.29 is 4.79 Å². The lowest BCUT2D eigenvalue weighted by molar-refractivity contribution is -0.120. The second-order valence-corrected chi connectivity index (χ2v) is 4.57. The highest BCUT2D eigenvalue weighted by atomic mass is 16.2. The molecular formula is C13H21N3O. The number of amides is 1. The lowest BCUT2D eigenvalue weighted by Crippen LogP contribution is -2.31. The fourth-order valence-electron chi connectivity index (χ4n) is 1.47. The summed E-state index contributed by atoms with van der Waals surface area (Å²) < 4.78 is 0. The van der Waals surface area contributed by atoms with Gasteiger partial charge in [-0.2, -0.15) is 0 Å². The van der Waals surface area contributed by atoms with Crippen LogP contribution in [0.15, 0.2) is 24.3 Å². The first-order valence-corrected chi connectivity index (χ1v) is 5.80. The molecule has 17 heavy (non-hydrogen) atoms. The minimum Gasteiger partial charge on any atom is -0.300 e. The summed E-state index contributed by atoms with van der Waals surface area (Å²) in [5.41, 5.74) is 4.35. The van der Waals surface area contributed by atoms with Crippen molar-refractivity contribution >= 4 is 5.91 Å². The van der Waals surface area contributed by atoms with E-state index in [1.54, 1.807) is 0 Å². The largest absolute Gasteiger partial charge is 0.300 e. The summed E-state index contributed by atoms with van der Waals surface area (Å²) in [5.74, 6) is 4.87. The van der Waals surface area contributed by atoms with Crippen LogP contribution in [0.4, 0.5) is 0 Å². The Hall–Kier alpha value is -1.39. The van der Waals surface area contributed by atoms with Gasteiger partial charge in [-0.25, -0.2) is 5.84 Å². The Balaban J connectivity index is 2.59. The fourth-order valence-corrected chi connectivity index (χ4v) is 1.47. The van der Waals surface area contributed by atoms with Crippen molar-refractivity contribution in [3.63, 3.8) is 0 Å². The van der Waals surface area contributed by atoms with E-state index in [1.807, 2.05) is 12.1 Å². The van der Waals surface area contributed by atoms with Gasteiger partial charge in [-0.05, 0) is 32.0 Å². The summed E-state index contributed by atoms with van der Waals surface area (Å²) in [5, 5.41) is 0. The number of nitrogens with zero attached hydrogens (tertiary/aromatic N) is 1. The summed E-state index contributed by atoms with van der Waals surface area (Å²) in [6.07, 6.45) is 0.330. The summed E-state index contributed by atoms with van der Waals surface area (Å²) in [4.78, 5) is 13.4. The van der Waals surface area contributed by atoms with Crippen molar-refractivity contribution in [2.45, 2.75) is 32.9 Å². The zero-order valence-electron chi connectivity index (χ0n) is 10.7. The molecule has 94 valence electrons. The highest BCUT2D eigenvalue weighted by Crippen LogP contribution is 2.09. The smallest absolute Gasteiger partial charge is 0.238 e. The molecule has 0 bridgehead atoms. The topological polar surface area (TPSA) is 58.4 Å². The third-order valence-corrected chi connectivity index (χ3v) is 2.86. The van der Waals surface area contributed by atoms with E-state index in [1.165, 1.54) is 5.56 Å². The van der Waals surface area contributed by atoms with E-state index >= 15 is 0 Å². The molecule has 0 aliphatic heterocycles.